The van der Waals surface area contributed by atoms with Gasteiger partial charge in [0.15, 0.2) is 0 Å². The average molecular weight is 200 g/mol. The van der Waals surface area contributed by atoms with Gasteiger partial charge in [0, 0.05) is 17.5 Å². The van der Waals surface area contributed by atoms with Crippen LogP contribution in [0.15, 0.2) is 4.79 Å². The SMILES string of the molecule is CC(CC(C)(C)C)c1nsc(=O)[nH]1. The Kier molecular flexibility index (Phi) is 2.91. The fourth-order valence-corrected chi connectivity index (χ4v) is 2.03. The van der Waals surface area contributed by atoms with Crippen LogP contribution in [0, 0.1) is 5.41 Å². The number of H-pyrrole nitrogens is 1. The van der Waals surface area contributed by atoms with E-state index in [1.807, 2.05) is 0 Å². The van der Waals surface area contributed by atoms with E-state index < -0.39 is 0 Å². The molecule has 74 valence electrons. The Morgan fingerprint density at radius 3 is 2.54 bits per heavy atom. The molecule has 0 spiro atoms. The van der Waals surface area contributed by atoms with Crippen molar-refractivity contribution in [2.75, 3.05) is 0 Å². The Bertz CT molecular complexity index is 321. The molecule has 4 heteroatoms. The van der Waals surface area contributed by atoms with Crippen LogP contribution in [0.2, 0.25) is 0 Å². The van der Waals surface area contributed by atoms with Crippen LogP contribution in [0.25, 0.3) is 0 Å². The lowest BCUT2D eigenvalue weighted by Crippen LogP contribution is -2.11. The molecular weight excluding hydrogens is 184 g/mol. The zero-order valence-electron chi connectivity index (χ0n) is 8.55. The molecule has 1 unspecified atom stereocenters. The number of hydrogen-bond acceptors (Lipinski definition) is 3. The lowest BCUT2D eigenvalue weighted by atomic mass is 9.85. The molecule has 13 heavy (non-hydrogen) atoms. The van der Waals surface area contributed by atoms with Gasteiger partial charge >= 0.3 is 4.87 Å². The lowest BCUT2D eigenvalue weighted by Gasteiger charge is -2.21. The summed E-state index contributed by atoms with van der Waals surface area (Å²) < 4.78 is 4.07. The zero-order chi connectivity index (χ0) is 10.1. The molecule has 0 fully saturated rings. The normalized spacial score (nSPS) is 14.5. The van der Waals surface area contributed by atoms with Crippen molar-refractivity contribution in [3.8, 4) is 0 Å². The highest BCUT2D eigenvalue weighted by molar-refractivity contribution is 7.02. The van der Waals surface area contributed by atoms with Gasteiger partial charge in [0.05, 0.1) is 0 Å². The van der Waals surface area contributed by atoms with Crippen LogP contribution in [-0.4, -0.2) is 9.36 Å². The standard InChI is InChI=1S/C9H16N2OS/c1-6(5-9(2,3)4)7-10-8(12)13-11-7/h6H,5H2,1-4H3,(H,10,11,12). The number of rotatable bonds is 2. The molecule has 0 bridgehead atoms. The molecule has 1 rings (SSSR count). The summed E-state index contributed by atoms with van der Waals surface area (Å²) in [6, 6.07) is 0. The van der Waals surface area contributed by atoms with E-state index in [0.29, 0.717) is 5.92 Å². The van der Waals surface area contributed by atoms with Gasteiger partial charge in [0.25, 0.3) is 0 Å². The fourth-order valence-electron chi connectivity index (χ4n) is 1.47. The first-order valence-corrected chi connectivity index (χ1v) is 5.22. The Morgan fingerprint density at radius 1 is 1.54 bits per heavy atom. The number of aromatic amines is 1. The molecule has 1 aromatic heterocycles. The Hall–Kier alpha value is -0.640. The van der Waals surface area contributed by atoms with Gasteiger partial charge < -0.3 is 0 Å². The van der Waals surface area contributed by atoms with Crippen LogP contribution < -0.4 is 4.87 Å². The van der Waals surface area contributed by atoms with E-state index in [1.165, 1.54) is 0 Å². The highest BCUT2D eigenvalue weighted by atomic mass is 32.1. The second-order valence-corrected chi connectivity index (χ2v) is 5.38. The smallest absolute Gasteiger partial charge is 0.299 e. The molecule has 0 aliphatic heterocycles. The Balaban J connectivity index is 2.69. The monoisotopic (exact) mass is 200 g/mol. The van der Waals surface area contributed by atoms with Crippen LogP contribution in [-0.2, 0) is 0 Å². The van der Waals surface area contributed by atoms with Gasteiger partial charge in [-0.15, -0.1) is 0 Å². The predicted molar refractivity (Wildman–Crippen MR) is 55.2 cm³/mol. The van der Waals surface area contributed by atoms with Crippen LogP contribution in [0.4, 0.5) is 0 Å². The highest BCUT2D eigenvalue weighted by Crippen LogP contribution is 2.28. The maximum absolute atomic E-state index is 10.9. The van der Waals surface area contributed by atoms with E-state index >= 15 is 0 Å². The van der Waals surface area contributed by atoms with E-state index in [-0.39, 0.29) is 10.3 Å². The van der Waals surface area contributed by atoms with E-state index in [2.05, 4.69) is 37.1 Å². The molecule has 1 atom stereocenters. The van der Waals surface area contributed by atoms with E-state index in [1.54, 1.807) is 0 Å². The van der Waals surface area contributed by atoms with Gasteiger partial charge in [-0.05, 0) is 11.8 Å². The summed E-state index contributed by atoms with van der Waals surface area (Å²) in [7, 11) is 0. The lowest BCUT2D eigenvalue weighted by molar-refractivity contribution is 0.344. The molecule has 1 N–H and O–H groups in total. The van der Waals surface area contributed by atoms with Crippen molar-refractivity contribution < 1.29 is 0 Å². The highest BCUT2D eigenvalue weighted by Gasteiger charge is 2.18. The first-order chi connectivity index (χ1) is 5.88. The van der Waals surface area contributed by atoms with Crippen LogP contribution >= 0.6 is 11.5 Å². The fraction of sp³-hybridized carbons (Fsp3) is 0.778. The molecule has 0 aliphatic rings. The summed E-state index contributed by atoms with van der Waals surface area (Å²) >= 11 is 0.998. The minimum atomic E-state index is -0.0595. The van der Waals surface area contributed by atoms with E-state index in [4.69, 9.17) is 0 Å². The van der Waals surface area contributed by atoms with Gasteiger partial charge in [-0.1, -0.05) is 27.7 Å². The topological polar surface area (TPSA) is 45.8 Å². The largest absolute Gasteiger partial charge is 0.323 e. The molecule has 0 aliphatic carbocycles. The maximum atomic E-state index is 10.9. The van der Waals surface area contributed by atoms with Gasteiger partial charge in [0.2, 0.25) is 0 Å². The molecule has 1 heterocycles. The maximum Gasteiger partial charge on any atom is 0.323 e. The zero-order valence-corrected chi connectivity index (χ0v) is 9.36. The first-order valence-electron chi connectivity index (χ1n) is 4.44. The molecule has 0 amide bonds. The summed E-state index contributed by atoms with van der Waals surface area (Å²) in [5.74, 6) is 1.16. The van der Waals surface area contributed by atoms with Crippen molar-refractivity contribution in [2.24, 2.45) is 5.41 Å². The number of aromatic nitrogens is 2. The number of hydrogen-bond donors (Lipinski definition) is 1. The van der Waals surface area contributed by atoms with E-state index in [9.17, 15) is 4.79 Å². The molecule has 3 nitrogen and oxygen atoms in total. The minimum absolute atomic E-state index is 0.0595. The average Bonchev–Trinajstić information content (AvgIpc) is 2.31. The second-order valence-electron chi connectivity index (χ2n) is 4.65. The third-order valence-electron chi connectivity index (χ3n) is 1.84. The van der Waals surface area contributed by atoms with Crippen LogP contribution in [0.5, 0.6) is 0 Å². The number of nitrogens with one attached hydrogen (secondary N) is 1. The van der Waals surface area contributed by atoms with E-state index in [0.717, 1.165) is 23.8 Å². The third-order valence-corrected chi connectivity index (χ3v) is 2.40. The molecular formula is C9H16N2OS. The van der Waals surface area contributed by atoms with Crippen LogP contribution in [0.1, 0.15) is 45.9 Å². The molecule has 0 saturated carbocycles. The van der Waals surface area contributed by atoms with Crippen LogP contribution in [0.3, 0.4) is 0 Å². The van der Waals surface area contributed by atoms with Gasteiger partial charge in [-0.25, -0.2) is 0 Å². The summed E-state index contributed by atoms with van der Waals surface area (Å²) in [6.45, 7) is 8.66. The van der Waals surface area contributed by atoms with Crippen molar-refractivity contribution in [1.82, 2.24) is 9.36 Å². The quantitative estimate of drug-likeness (QED) is 0.796. The summed E-state index contributed by atoms with van der Waals surface area (Å²) in [5, 5.41) is 0. The number of nitrogens with zero attached hydrogens (tertiary/aromatic N) is 1. The Labute approximate surface area is 82.4 Å². The third kappa shape index (κ3) is 3.30. The van der Waals surface area contributed by atoms with Gasteiger partial charge in [-0.2, -0.15) is 4.37 Å². The molecule has 0 saturated heterocycles. The summed E-state index contributed by atoms with van der Waals surface area (Å²) in [6.07, 6.45) is 1.03. The Morgan fingerprint density at radius 2 is 2.15 bits per heavy atom. The van der Waals surface area contributed by atoms with Gasteiger partial charge in [0.1, 0.15) is 5.82 Å². The van der Waals surface area contributed by atoms with Crippen molar-refractivity contribution in [3.63, 3.8) is 0 Å². The minimum Gasteiger partial charge on any atom is -0.299 e. The van der Waals surface area contributed by atoms with Crippen molar-refractivity contribution in [1.29, 1.82) is 0 Å². The molecule has 1 aromatic rings. The van der Waals surface area contributed by atoms with Crippen molar-refractivity contribution in [3.05, 3.63) is 15.5 Å². The summed E-state index contributed by atoms with van der Waals surface area (Å²) in [5.41, 5.74) is 0.278. The second kappa shape index (κ2) is 3.62. The molecule has 0 radical (unpaired) electrons. The van der Waals surface area contributed by atoms with Crippen molar-refractivity contribution in [2.45, 2.75) is 40.0 Å². The molecule has 0 aromatic carbocycles. The first kappa shape index (κ1) is 10.4. The predicted octanol–water partition coefficient (Wildman–Crippen LogP) is 2.37. The van der Waals surface area contributed by atoms with Crippen molar-refractivity contribution >= 4 is 11.5 Å². The van der Waals surface area contributed by atoms with Gasteiger partial charge in [-0.3, -0.25) is 9.78 Å². The summed E-state index contributed by atoms with van der Waals surface area (Å²) in [4.78, 5) is 13.6.